The fraction of sp³-hybridized carbons (Fsp3) is 0. The lowest BCUT2D eigenvalue weighted by Gasteiger charge is -1.96. The Morgan fingerprint density at radius 1 is 1.14 bits per heavy atom. The molecule has 0 aliphatic carbocycles. The molecular weight excluding hydrogens is 327 g/mol. The molecule has 0 amide bonds. The molecule has 0 spiro atoms. The highest BCUT2D eigenvalue weighted by Crippen LogP contribution is 2.26. The minimum atomic E-state index is -0.527. The van der Waals surface area contributed by atoms with E-state index in [1.165, 1.54) is 12.1 Å². The van der Waals surface area contributed by atoms with Crippen LogP contribution in [-0.4, -0.2) is 9.91 Å². The maximum absolute atomic E-state index is 10.9. The molecule has 3 aromatic rings. The molecule has 0 saturated heterocycles. The summed E-state index contributed by atoms with van der Waals surface area (Å²) < 4.78 is 5.53. The number of oxazole rings is 1. The Morgan fingerprint density at radius 2 is 1.95 bits per heavy atom. The normalized spacial score (nSPS) is 11.4. The average molecular weight is 335 g/mol. The summed E-state index contributed by atoms with van der Waals surface area (Å²) in [6.07, 6.45) is 3.29. The van der Waals surface area contributed by atoms with Crippen molar-refractivity contribution in [1.82, 2.24) is 4.98 Å². The standard InChI is InChI=1S/C15H8Cl2N2O3/c16-10-3-5-14-12(8-10)18-15(22-14)6-2-9-1-4-11(17)13(7-9)19(20)21/h1-8H/b6-2+. The summed E-state index contributed by atoms with van der Waals surface area (Å²) in [5, 5.41) is 11.5. The molecule has 0 aliphatic heterocycles. The molecule has 0 atom stereocenters. The first-order valence-corrected chi connectivity index (χ1v) is 6.96. The highest BCUT2D eigenvalue weighted by molar-refractivity contribution is 6.32. The van der Waals surface area contributed by atoms with Gasteiger partial charge in [0.2, 0.25) is 5.89 Å². The highest BCUT2D eigenvalue weighted by Gasteiger charge is 2.11. The number of aromatic nitrogens is 1. The van der Waals surface area contributed by atoms with E-state index in [1.54, 1.807) is 36.4 Å². The molecule has 0 N–H and O–H groups in total. The number of hydrogen-bond acceptors (Lipinski definition) is 4. The van der Waals surface area contributed by atoms with Crippen LogP contribution in [0.4, 0.5) is 5.69 Å². The Morgan fingerprint density at radius 3 is 2.73 bits per heavy atom. The van der Waals surface area contributed by atoms with Crippen LogP contribution < -0.4 is 0 Å². The topological polar surface area (TPSA) is 69.2 Å². The van der Waals surface area contributed by atoms with Gasteiger partial charge in [0.25, 0.3) is 5.69 Å². The molecule has 0 unspecified atom stereocenters. The lowest BCUT2D eigenvalue weighted by Crippen LogP contribution is -1.89. The van der Waals surface area contributed by atoms with Crippen LogP contribution in [0.5, 0.6) is 0 Å². The van der Waals surface area contributed by atoms with Crippen LogP contribution in [0.25, 0.3) is 23.3 Å². The Labute approximate surface area is 134 Å². The van der Waals surface area contributed by atoms with Crippen molar-refractivity contribution in [3.63, 3.8) is 0 Å². The fourth-order valence-electron chi connectivity index (χ4n) is 1.93. The van der Waals surface area contributed by atoms with Crippen molar-refractivity contribution in [1.29, 1.82) is 0 Å². The van der Waals surface area contributed by atoms with Crippen molar-refractivity contribution in [2.45, 2.75) is 0 Å². The molecule has 110 valence electrons. The van der Waals surface area contributed by atoms with Crippen molar-refractivity contribution in [2.75, 3.05) is 0 Å². The number of fused-ring (bicyclic) bond motifs is 1. The van der Waals surface area contributed by atoms with E-state index in [9.17, 15) is 10.1 Å². The molecule has 1 aromatic heterocycles. The van der Waals surface area contributed by atoms with Crippen LogP contribution in [0.15, 0.2) is 40.8 Å². The van der Waals surface area contributed by atoms with E-state index in [0.29, 0.717) is 27.6 Å². The number of rotatable bonds is 3. The second kappa shape index (κ2) is 5.79. The van der Waals surface area contributed by atoms with Crippen LogP contribution in [0, 0.1) is 10.1 Å². The molecule has 0 fully saturated rings. The van der Waals surface area contributed by atoms with Gasteiger partial charge in [0.1, 0.15) is 10.5 Å². The van der Waals surface area contributed by atoms with Gasteiger partial charge in [0.15, 0.2) is 5.58 Å². The van der Waals surface area contributed by atoms with Gasteiger partial charge in [0.05, 0.1) is 4.92 Å². The van der Waals surface area contributed by atoms with E-state index < -0.39 is 4.92 Å². The van der Waals surface area contributed by atoms with Gasteiger partial charge in [-0.2, -0.15) is 0 Å². The number of hydrogen-bond donors (Lipinski definition) is 0. The third kappa shape index (κ3) is 2.95. The second-order valence-corrected chi connectivity index (χ2v) is 5.31. The summed E-state index contributed by atoms with van der Waals surface area (Å²) in [6, 6.07) is 9.68. The minimum absolute atomic E-state index is 0.0960. The van der Waals surface area contributed by atoms with Crippen LogP contribution in [-0.2, 0) is 0 Å². The van der Waals surface area contributed by atoms with E-state index in [-0.39, 0.29) is 10.7 Å². The molecule has 22 heavy (non-hydrogen) atoms. The summed E-state index contributed by atoms with van der Waals surface area (Å²) in [5.41, 5.74) is 1.74. The van der Waals surface area contributed by atoms with Crippen LogP contribution in [0.3, 0.4) is 0 Å². The zero-order chi connectivity index (χ0) is 15.7. The molecular formula is C15H8Cl2N2O3. The molecule has 7 heteroatoms. The van der Waals surface area contributed by atoms with Gasteiger partial charge in [-0.3, -0.25) is 10.1 Å². The van der Waals surface area contributed by atoms with E-state index >= 15 is 0 Å². The molecule has 3 rings (SSSR count). The average Bonchev–Trinajstić information content (AvgIpc) is 2.88. The molecule has 0 saturated carbocycles. The van der Waals surface area contributed by atoms with E-state index in [0.717, 1.165) is 0 Å². The van der Waals surface area contributed by atoms with Crippen LogP contribution >= 0.6 is 23.2 Å². The van der Waals surface area contributed by atoms with E-state index in [4.69, 9.17) is 27.6 Å². The van der Waals surface area contributed by atoms with Gasteiger partial charge in [0, 0.05) is 17.2 Å². The van der Waals surface area contributed by atoms with Crippen LogP contribution in [0.1, 0.15) is 11.5 Å². The van der Waals surface area contributed by atoms with Gasteiger partial charge >= 0.3 is 0 Å². The number of nitrogens with zero attached hydrogens (tertiary/aromatic N) is 2. The van der Waals surface area contributed by atoms with Gasteiger partial charge in [-0.25, -0.2) is 4.98 Å². The third-order valence-electron chi connectivity index (χ3n) is 2.95. The molecule has 5 nitrogen and oxygen atoms in total. The first-order valence-electron chi connectivity index (χ1n) is 6.21. The first kappa shape index (κ1) is 14.6. The maximum Gasteiger partial charge on any atom is 0.288 e. The summed E-state index contributed by atoms with van der Waals surface area (Å²) in [5.74, 6) is 0.384. The minimum Gasteiger partial charge on any atom is -0.437 e. The second-order valence-electron chi connectivity index (χ2n) is 4.47. The van der Waals surface area contributed by atoms with Gasteiger partial charge in [-0.1, -0.05) is 29.3 Å². The van der Waals surface area contributed by atoms with Crippen molar-refractivity contribution in [2.24, 2.45) is 0 Å². The fourth-order valence-corrected chi connectivity index (χ4v) is 2.28. The number of benzene rings is 2. The number of halogens is 2. The van der Waals surface area contributed by atoms with Gasteiger partial charge in [-0.05, 0) is 35.9 Å². The SMILES string of the molecule is O=[N+]([O-])c1cc(/C=C/c2nc3cc(Cl)ccc3o2)ccc1Cl. The van der Waals surface area contributed by atoms with Crippen molar-refractivity contribution in [3.05, 3.63) is 68.0 Å². The monoisotopic (exact) mass is 334 g/mol. The zero-order valence-electron chi connectivity index (χ0n) is 11.0. The van der Waals surface area contributed by atoms with Crippen LogP contribution in [0.2, 0.25) is 10.0 Å². The third-order valence-corrected chi connectivity index (χ3v) is 3.51. The Bertz CT molecular complexity index is 903. The zero-order valence-corrected chi connectivity index (χ0v) is 12.5. The van der Waals surface area contributed by atoms with E-state index in [1.807, 2.05) is 0 Å². The van der Waals surface area contributed by atoms with Gasteiger partial charge in [-0.15, -0.1) is 0 Å². The summed E-state index contributed by atoms with van der Waals surface area (Å²) >= 11 is 11.7. The van der Waals surface area contributed by atoms with E-state index in [2.05, 4.69) is 4.98 Å². The Balaban J connectivity index is 1.92. The number of nitro groups is 1. The molecule has 0 radical (unpaired) electrons. The molecule has 0 aliphatic rings. The smallest absolute Gasteiger partial charge is 0.288 e. The quantitative estimate of drug-likeness (QED) is 0.486. The van der Waals surface area contributed by atoms with Crippen molar-refractivity contribution < 1.29 is 9.34 Å². The molecule has 0 bridgehead atoms. The maximum atomic E-state index is 10.9. The first-order chi connectivity index (χ1) is 10.5. The molecule has 1 heterocycles. The van der Waals surface area contributed by atoms with Crippen molar-refractivity contribution in [3.8, 4) is 0 Å². The largest absolute Gasteiger partial charge is 0.437 e. The van der Waals surface area contributed by atoms with Gasteiger partial charge < -0.3 is 4.42 Å². The lowest BCUT2D eigenvalue weighted by atomic mass is 10.2. The summed E-state index contributed by atoms with van der Waals surface area (Å²) in [4.78, 5) is 14.6. The Hall–Kier alpha value is -2.37. The predicted octanol–water partition coefficient (Wildman–Crippen LogP) is 5.21. The summed E-state index contributed by atoms with van der Waals surface area (Å²) in [7, 11) is 0. The molecule has 2 aromatic carbocycles. The number of nitro benzene ring substituents is 1. The lowest BCUT2D eigenvalue weighted by molar-refractivity contribution is -0.384. The Kier molecular flexibility index (Phi) is 3.83. The highest BCUT2D eigenvalue weighted by atomic mass is 35.5. The van der Waals surface area contributed by atoms with Crippen molar-refractivity contribution >= 4 is 52.1 Å². The predicted molar refractivity (Wildman–Crippen MR) is 86.1 cm³/mol. The summed E-state index contributed by atoms with van der Waals surface area (Å²) in [6.45, 7) is 0.